The number of hydrogen-bond acceptors (Lipinski definition) is 0. The highest BCUT2D eigenvalue weighted by Crippen LogP contribution is 2.38. The molecule has 0 spiro atoms. The summed E-state index contributed by atoms with van der Waals surface area (Å²) in [5.74, 6) is 0. The zero-order valence-electron chi connectivity index (χ0n) is 21.9. The van der Waals surface area contributed by atoms with Crippen LogP contribution in [-0.2, 0) is 0 Å². The molecule has 0 unspecified atom stereocenters. The highest BCUT2D eigenvalue weighted by atomic mass is 14.2. The summed E-state index contributed by atoms with van der Waals surface area (Å²) >= 11 is 0. The third kappa shape index (κ3) is 4.82. The van der Waals surface area contributed by atoms with Crippen LogP contribution in [0.4, 0.5) is 0 Å². The second-order valence-electron chi connectivity index (χ2n) is 9.97. The van der Waals surface area contributed by atoms with Crippen LogP contribution in [0.3, 0.4) is 0 Å². The maximum Gasteiger partial charge on any atom is -0.00990 e. The van der Waals surface area contributed by atoms with Crippen molar-refractivity contribution in [1.82, 2.24) is 0 Å². The molecule has 38 heavy (non-hydrogen) atoms. The molecular weight excluding hydrogens is 456 g/mol. The lowest BCUT2D eigenvalue weighted by Crippen LogP contribution is -1.90. The topological polar surface area (TPSA) is 0 Å². The molecule has 0 saturated heterocycles. The van der Waals surface area contributed by atoms with Crippen molar-refractivity contribution in [3.05, 3.63) is 157 Å². The molecule has 0 fully saturated rings. The van der Waals surface area contributed by atoms with E-state index in [4.69, 9.17) is 0 Å². The first kappa shape index (κ1) is 23.7. The third-order valence-corrected chi connectivity index (χ3v) is 7.30. The molecule has 0 heteroatoms. The van der Waals surface area contributed by atoms with E-state index >= 15 is 0 Å². The second kappa shape index (κ2) is 10.4. The summed E-state index contributed by atoms with van der Waals surface area (Å²) in [7, 11) is 0. The van der Waals surface area contributed by atoms with Crippen molar-refractivity contribution in [2.75, 3.05) is 0 Å². The molecule has 0 N–H and O–H groups in total. The summed E-state index contributed by atoms with van der Waals surface area (Å²) in [6.45, 7) is 4.32. The van der Waals surface area contributed by atoms with E-state index in [0.717, 1.165) is 0 Å². The van der Waals surface area contributed by atoms with Crippen LogP contribution < -0.4 is 0 Å². The fourth-order valence-corrected chi connectivity index (χ4v) is 5.26. The minimum atomic E-state index is 1.22. The van der Waals surface area contributed by atoms with Gasteiger partial charge in [-0.15, -0.1) is 0 Å². The average Bonchev–Trinajstić information content (AvgIpc) is 2.98. The van der Waals surface area contributed by atoms with E-state index in [1.807, 2.05) is 0 Å². The second-order valence-corrected chi connectivity index (χ2v) is 9.97. The van der Waals surface area contributed by atoms with E-state index in [1.165, 1.54) is 66.8 Å². The van der Waals surface area contributed by atoms with Gasteiger partial charge in [0.25, 0.3) is 0 Å². The summed E-state index contributed by atoms with van der Waals surface area (Å²) in [6, 6.07) is 52.7. The van der Waals surface area contributed by atoms with Gasteiger partial charge in [0.05, 0.1) is 0 Å². The van der Waals surface area contributed by atoms with Gasteiger partial charge in [0.2, 0.25) is 0 Å². The molecule has 0 aromatic heterocycles. The standard InChI is InChI=1S/C38H30/c1-27-10-8-14-32(24-27)29-18-20-30(21-19-29)33-15-9-16-34(25-33)38-26-35(36-17-7-6-11-28(36)2)22-23-37(38)31-12-4-3-5-13-31/h3-26H,1-2H3. The first-order valence-electron chi connectivity index (χ1n) is 13.2. The Balaban J connectivity index is 1.43. The molecule has 0 aliphatic carbocycles. The summed E-state index contributed by atoms with van der Waals surface area (Å²) in [6.07, 6.45) is 0. The lowest BCUT2D eigenvalue weighted by Gasteiger charge is -2.15. The van der Waals surface area contributed by atoms with Crippen LogP contribution in [0.5, 0.6) is 0 Å². The van der Waals surface area contributed by atoms with Crippen LogP contribution in [0, 0.1) is 13.8 Å². The van der Waals surface area contributed by atoms with E-state index in [-0.39, 0.29) is 0 Å². The SMILES string of the molecule is Cc1cccc(-c2ccc(-c3cccc(-c4cc(-c5ccccc5C)ccc4-c4ccccc4)c3)cc2)c1. The first-order valence-corrected chi connectivity index (χ1v) is 13.2. The average molecular weight is 487 g/mol. The fraction of sp³-hybridized carbons (Fsp3) is 0.0526. The van der Waals surface area contributed by atoms with Gasteiger partial charge < -0.3 is 0 Å². The molecule has 182 valence electrons. The van der Waals surface area contributed by atoms with Crippen molar-refractivity contribution in [2.24, 2.45) is 0 Å². The molecule has 0 bridgehead atoms. The maximum absolute atomic E-state index is 2.35. The molecule has 0 atom stereocenters. The Bertz CT molecular complexity index is 1710. The molecule has 0 radical (unpaired) electrons. The van der Waals surface area contributed by atoms with Crippen LogP contribution in [0.15, 0.2) is 146 Å². The highest BCUT2D eigenvalue weighted by molar-refractivity contribution is 5.89. The van der Waals surface area contributed by atoms with Crippen LogP contribution >= 0.6 is 0 Å². The van der Waals surface area contributed by atoms with Crippen molar-refractivity contribution < 1.29 is 0 Å². The normalized spacial score (nSPS) is 10.9. The largest absolute Gasteiger partial charge is 0.0622 e. The number of aryl methyl sites for hydroxylation is 2. The molecule has 0 aliphatic heterocycles. The quantitative estimate of drug-likeness (QED) is 0.227. The van der Waals surface area contributed by atoms with Crippen molar-refractivity contribution in [3.63, 3.8) is 0 Å². The first-order chi connectivity index (χ1) is 18.7. The van der Waals surface area contributed by atoms with Gasteiger partial charge in [0.1, 0.15) is 0 Å². The minimum absolute atomic E-state index is 1.22. The fourth-order valence-electron chi connectivity index (χ4n) is 5.26. The van der Waals surface area contributed by atoms with Crippen LogP contribution in [-0.4, -0.2) is 0 Å². The van der Waals surface area contributed by atoms with E-state index in [2.05, 4.69) is 159 Å². The van der Waals surface area contributed by atoms with Gasteiger partial charge in [-0.25, -0.2) is 0 Å². The Morgan fingerprint density at radius 1 is 0.289 bits per heavy atom. The Morgan fingerprint density at radius 3 is 1.55 bits per heavy atom. The summed E-state index contributed by atoms with van der Waals surface area (Å²) in [4.78, 5) is 0. The predicted octanol–water partition coefficient (Wildman–Crippen LogP) is 10.6. The van der Waals surface area contributed by atoms with Crippen molar-refractivity contribution in [3.8, 4) is 55.6 Å². The van der Waals surface area contributed by atoms with E-state index < -0.39 is 0 Å². The molecule has 0 nitrogen and oxygen atoms in total. The smallest absolute Gasteiger partial charge is 0.00990 e. The van der Waals surface area contributed by atoms with E-state index in [1.54, 1.807) is 0 Å². The lowest BCUT2D eigenvalue weighted by atomic mass is 9.89. The van der Waals surface area contributed by atoms with Gasteiger partial charge in [-0.2, -0.15) is 0 Å². The van der Waals surface area contributed by atoms with Crippen LogP contribution in [0.25, 0.3) is 55.6 Å². The molecule has 0 saturated carbocycles. The molecular formula is C38H30. The monoisotopic (exact) mass is 486 g/mol. The molecule has 0 amide bonds. The third-order valence-electron chi connectivity index (χ3n) is 7.30. The zero-order valence-corrected chi connectivity index (χ0v) is 21.9. The highest BCUT2D eigenvalue weighted by Gasteiger charge is 2.12. The van der Waals surface area contributed by atoms with Gasteiger partial charge in [0.15, 0.2) is 0 Å². The summed E-state index contributed by atoms with van der Waals surface area (Å²) < 4.78 is 0. The maximum atomic E-state index is 2.35. The molecule has 6 aromatic rings. The Labute approximate surface area is 225 Å². The van der Waals surface area contributed by atoms with Crippen LogP contribution in [0.1, 0.15) is 11.1 Å². The van der Waals surface area contributed by atoms with E-state index in [0.29, 0.717) is 0 Å². The van der Waals surface area contributed by atoms with Crippen molar-refractivity contribution in [2.45, 2.75) is 13.8 Å². The van der Waals surface area contributed by atoms with Gasteiger partial charge >= 0.3 is 0 Å². The predicted molar refractivity (Wildman–Crippen MR) is 163 cm³/mol. The number of rotatable bonds is 5. The minimum Gasteiger partial charge on any atom is -0.0622 e. The van der Waals surface area contributed by atoms with Crippen LogP contribution in [0.2, 0.25) is 0 Å². The summed E-state index contributed by atoms with van der Waals surface area (Å²) in [5.41, 5.74) is 15.0. The molecule has 6 rings (SSSR count). The van der Waals surface area contributed by atoms with Gasteiger partial charge in [-0.3, -0.25) is 0 Å². The zero-order chi connectivity index (χ0) is 25.9. The Kier molecular flexibility index (Phi) is 6.46. The van der Waals surface area contributed by atoms with Gasteiger partial charge in [0, 0.05) is 0 Å². The molecule has 6 aromatic carbocycles. The molecule has 0 aliphatic rings. The Morgan fingerprint density at radius 2 is 0.842 bits per heavy atom. The summed E-state index contributed by atoms with van der Waals surface area (Å²) in [5, 5.41) is 0. The van der Waals surface area contributed by atoms with Crippen molar-refractivity contribution in [1.29, 1.82) is 0 Å². The Hall–Kier alpha value is -4.68. The van der Waals surface area contributed by atoms with Gasteiger partial charge in [-0.05, 0) is 87.2 Å². The van der Waals surface area contributed by atoms with Gasteiger partial charge in [-0.1, -0.05) is 139 Å². The van der Waals surface area contributed by atoms with E-state index in [9.17, 15) is 0 Å². The number of benzene rings is 6. The van der Waals surface area contributed by atoms with Crippen molar-refractivity contribution >= 4 is 0 Å². The molecule has 0 heterocycles. The number of hydrogen-bond donors (Lipinski definition) is 0. The lowest BCUT2D eigenvalue weighted by molar-refractivity contribution is 1.46.